The molecule has 0 atom stereocenters. The molecule has 0 aliphatic carbocycles. The second kappa shape index (κ2) is 8.97. The first kappa shape index (κ1) is 17.9. The standard InChI is InChI=1S/C22H19ClN2O/c23-20-13-11-19(12-14-20)22(26)25-24-21(15-17-7-3-1-4-8-17)16-18-9-5-2-6-10-18/h1-14H,15-16H2,(H,25,26). The van der Waals surface area contributed by atoms with Crippen molar-refractivity contribution in [3.8, 4) is 0 Å². The zero-order valence-corrected chi connectivity index (χ0v) is 15.0. The van der Waals surface area contributed by atoms with Crippen LogP contribution < -0.4 is 5.43 Å². The summed E-state index contributed by atoms with van der Waals surface area (Å²) in [5, 5.41) is 4.99. The van der Waals surface area contributed by atoms with Crippen molar-refractivity contribution < 1.29 is 4.79 Å². The van der Waals surface area contributed by atoms with Gasteiger partial charge < -0.3 is 0 Å². The molecule has 3 rings (SSSR count). The van der Waals surface area contributed by atoms with Crippen LogP contribution in [-0.4, -0.2) is 11.6 Å². The molecule has 0 aliphatic rings. The monoisotopic (exact) mass is 362 g/mol. The fraction of sp³-hybridized carbons (Fsp3) is 0.0909. The number of halogens is 1. The maximum atomic E-state index is 12.3. The van der Waals surface area contributed by atoms with Gasteiger partial charge in [0.1, 0.15) is 0 Å². The van der Waals surface area contributed by atoms with Gasteiger partial charge in [0.05, 0.1) is 0 Å². The zero-order valence-electron chi connectivity index (χ0n) is 14.2. The molecule has 3 aromatic carbocycles. The van der Waals surface area contributed by atoms with Crippen LogP contribution in [0, 0.1) is 0 Å². The van der Waals surface area contributed by atoms with Crippen LogP contribution in [0.25, 0.3) is 0 Å². The van der Waals surface area contributed by atoms with E-state index in [0.717, 1.165) is 16.8 Å². The van der Waals surface area contributed by atoms with Crippen molar-refractivity contribution in [2.45, 2.75) is 12.8 Å². The Morgan fingerprint density at radius 1 is 0.769 bits per heavy atom. The minimum Gasteiger partial charge on any atom is -0.267 e. The summed E-state index contributed by atoms with van der Waals surface area (Å²) in [6, 6.07) is 26.9. The fourth-order valence-corrected chi connectivity index (χ4v) is 2.73. The summed E-state index contributed by atoms with van der Waals surface area (Å²) in [5.41, 5.74) is 6.39. The Morgan fingerprint density at radius 3 is 1.77 bits per heavy atom. The summed E-state index contributed by atoms with van der Waals surface area (Å²) < 4.78 is 0. The molecule has 1 N–H and O–H groups in total. The first-order chi connectivity index (χ1) is 12.7. The molecule has 0 saturated heterocycles. The molecule has 0 aromatic heterocycles. The van der Waals surface area contributed by atoms with E-state index in [9.17, 15) is 4.79 Å². The summed E-state index contributed by atoms with van der Waals surface area (Å²) >= 11 is 5.87. The number of nitrogens with zero attached hydrogens (tertiary/aromatic N) is 1. The predicted octanol–water partition coefficient (Wildman–Crippen LogP) is 4.91. The largest absolute Gasteiger partial charge is 0.271 e. The van der Waals surface area contributed by atoms with Crippen LogP contribution in [0.4, 0.5) is 0 Å². The van der Waals surface area contributed by atoms with Crippen LogP contribution in [-0.2, 0) is 12.8 Å². The van der Waals surface area contributed by atoms with Gasteiger partial charge in [-0.2, -0.15) is 5.10 Å². The molecule has 1 amide bonds. The maximum Gasteiger partial charge on any atom is 0.271 e. The Bertz CT molecular complexity index is 832. The molecule has 3 nitrogen and oxygen atoms in total. The van der Waals surface area contributed by atoms with Gasteiger partial charge in [0.2, 0.25) is 0 Å². The molecule has 130 valence electrons. The van der Waals surface area contributed by atoms with E-state index in [1.807, 2.05) is 36.4 Å². The average Bonchev–Trinajstić information content (AvgIpc) is 2.68. The highest BCUT2D eigenvalue weighted by atomic mass is 35.5. The van der Waals surface area contributed by atoms with E-state index in [2.05, 4.69) is 34.8 Å². The van der Waals surface area contributed by atoms with Crippen LogP contribution in [0.2, 0.25) is 5.02 Å². The predicted molar refractivity (Wildman–Crippen MR) is 107 cm³/mol. The Labute approximate surface area is 158 Å². The fourth-order valence-electron chi connectivity index (χ4n) is 2.60. The molecule has 26 heavy (non-hydrogen) atoms. The Kier molecular flexibility index (Phi) is 6.18. The second-order valence-electron chi connectivity index (χ2n) is 5.95. The van der Waals surface area contributed by atoms with E-state index in [1.165, 1.54) is 0 Å². The lowest BCUT2D eigenvalue weighted by atomic mass is 10.0. The third-order valence-electron chi connectivity index (χ3n) is 3.92. The number of hydrogen-bond acceptors (Lipinski definition) is 2. The van der Waals surface area contributed by atoms with Crippen molar-refractivity contribution in [2.24, 2.45) is 5.10 Å². The van der Waals surface area contributed by atoms with Gasteiger partial charge in [0.15, 0.2) is 0 Å². The summed E-state index contributed by atoms with van der Waals surface area (Å²) in [6.45, 7) is 0. The highest BCUT2D eigenvalue weighted by Gasteiger charge is 2.07. The van der Waals surface area contributed by atoms with Crippen LogP contribution >= 0.6 is 11.6 Å². The number of amides is 1. The zero-order chi connectivity index (χ0) is 18.2. The normalized spacial score (nSPS) is 10.2. The van der Waals surface area contributed by atoms with Gasteiger partial charge in [-0.3, -0.25) is 4.79 Å². The molecule has 0 fully saturated rings. The number of hydrazone groups is 1. The molecule has 3 aromatic rings. The Balaban J connectivity index is 1.76. The Morgan fingerprint density at radius 2 is 1.27 bits per heavy atom. The lowest BCUT2D eigenvalue weighted by Crippen LogP contribution is -2.21. The van der Waals surface area contributed by atoms with Crippen molar-refractivity contribution >= 4 is 23.2 Å². The molecule has 0 radical (unpaired) electrons. The van der Waals surface area contributed by atoms with Crippen molar-refractivity contribution in [1.29, 1.82) is 0 Å². The van der Waals surface area contributed by atoms with Gasteiger partial charge in [-0.25, -0.2) is 5.43 Å². The van der Waals surface area contributed by atoms with Gasteiger partial charge in [0.25, 0.3) is 5.91 Å². The van der Waals surface area contributed by atoms with E-state index in [0.29, 0.717) is 23.4 Å². The van der Waals surface area contributed by atoms with Crippen LogP contribution in [0.3, 0.4) is 0 Å². The van der Waals surface area contributed by atoms with E-state index in [4.69, 9.17) is 11.6 Å². The number of carbonyl (C=O) groups is 1. The highest BCUT2D eigenvalue weighted by molar-refractivity contribution is 6.30. The van der Waals surface area contributed by atoms with Gasteiger partial charge >= 0.3 is 0 Å². The van der Waals surface area contributed by atoms with E-state index >= 15 is 0 Å². The molecule has 0 saturated carbocycles. The topological polar surface area (TPSA) is 41.5 Å². The first-order valence-corrected chi connectivity index (χ1v) is 8.78. The first-order valence-electron chi connectivity index (χ1n) is 8.40. The van der Waals surface area contributed by atoms with E-state index in [1.54, 1.807) is 24.3 Å². The van der Waals surface area contributed by atoms with Crippen molar-refractivity contribution in [3.63, 3.8) is 0 Å². The maximum absolute atomic E-state index is 12.3. The number of nitrogens with one attached hydrogen (secondary N) is 1. The summed E-state index contributed by atoms with van der Waals surface area (Å²) in [4.78, 5) is 12.3. The number of rotatable bonds is 6. The minimum absolute atomic E-state index is 0.250. The lowest BCUT2D eigenvalue weighted by Gasteiger charge is -2.08. The molecule has 0 spiro atoms. The van der Waals surface area contributed by atoms with Crippen LogP contribution in [0.5, 0.6) is 0 Å². The lowest BCUT2D eigenvalue weighted by molar-refractivity contribution is 0.0954. The van der Waals surface area contributed by atoms with E-state index < -0.39 is 0 Å². The third kappa shape index (κ3) is 5.30. The molecular formula is C22H19ClN2O. The molecular weight excluding hydrogens is 344 g/mol. The average molecular weight is 363 g/mol. The smallest absolute Gasteiger partial charge is 0.267 e. The molecule has 4 heteroatoms. The summed E-state index contributed by atoms with van der Waals surface area (Å²) in [6.07, 6.45) is 1.35. The number of carbonyl (C=O) groups excluding carboxylic acids is 1. The SMILES string of the molecule is O=C(NN=C(Cc1ccccc1)Cc1ccccc1)c1ccc(Cl)cc1. The molecule has 0 bridgehead atoms. The number of benzene rings is 3. The summed E-state index contributed by atoms with van der Waals surface area (Å²) in [7, 11) is 0. The molecule has 0 aliphatic heterocycles. The Hall–Kier alpha value is -2.91. The minimum atomic E-state index is -0.250. The third-order valence-corrected chi connectivity index (χ3v) is 4.18. The van der Waals surface area contributed by atoms with Gasteiger partial charge in [-0.15, -0.1) is 0 Å². The van der Waals surface area contributed by atoms with Crippen molar-refractivity contribution in [3.05, 3.63) is 107 Å². The van der Waals surface area contributed by atoms with Crippen molar-refractivity contribution in [2.75, 3.05) is 0 Å². The van der Waals surface area contributed by atoms with Gasteiger partial charge in [0, 0.05) is 29.1 Å². The van der Waals surface area contributed by atoms with E-state index in [-0.39, 0.29) is 5.91 Å². The van der Waals surface area contributed by atoms with Crippen molar-refractivity contribution in [1.82, 2.24) is 5.43 Å². The summed E-state index contributed by atoms with van der Waals surface area (Å²) in [5.74, 6) is -0.250. The number of hydrogen-bond donors (Lipinski definition) is 1. The highest BCUT2D eigenvalue weighted by Crippen LogP contribution is 2.10. The molecule has 0 heterocycles. The quantitative estimate of drug-likeness (QED) is 0.491. The van der Waals surface area contributed by atoms with Crippen LogP contribution in [0.1, 0.15) is 21.5 Å². The van der Waals surface area contributed by atoms with Gasteiger partial charge in [-0.05, 0) is 35.4 Å². The molecule has 0 unspecified atom stereocenters. The van der Waals surface area contributed by atoms with Gasteiger partial charge in [-0.1, -0.05) is 72.3 Å². The second-order valence-corrected chi connectivity index (χ2v) is 6.39. The van der Waals surface area contributed by atoms with Crippen LogP contribution in [0.15, 0.2) is 90.0 Å².